The first kappa shape index (κ1) is 19.5. The molecule has 1 aliphatic heterocycles. The van der Waals surface area contributed by atoms with Crippen LogP contribution in [0.3, 0.4) is 0 Å². The molecule has 1 amide bonds. The number of alkyl halides is 3. The number of hydrogen-bond donors (Lipinski definition) is 0. The van der Waals surface area contributed by atoms with Crippen molar-refractivity contribution in [2.75, 3.05) is 11.4 Å². The van der Waals surface area contributed by atoms with Gasteiger partial charge in [-0.1, -0.05) is 29.8 Å². The van der Waals surface area contributed by atoms with Gasteiger partial charge < -0.3 is 4.90 Å². The number of amides is 1. The molecule has 1 aromatic heterocycles. The summed E-state index contributed by atoms with van der Waals surface area (Å²) in [7, 11) is 0. The van der Waals surface area contributed by atoms with Crippen LogP contribution in [0.2, 0.25) is 5.02 Å². The zero-order valence-corrected chi connectivity index (χ0v) is 16.0. The molecule has 0 unspecified atom stereocenters. The van der Waals surface area contributed by atoms with Gasteiger partial charge in [-0.2, -0.15) is 13.2 Å². The predicted molar refractivity (Wildman–Crippen MR) is 105 cm³/mol. The molecule has 0 radical (unpaired) electrons. The minimum atomic E-state index is -4.42. The minimum Gasteiger partial charge on any atom is -0.306 e. The Morgan fingerprint density at radius 3 is 2.66 bits per heavy atom. The van der Waals surface area contributed by atoms with Crippen molar-refractivity contribution in [3.05, 3.63) is 93.8 Å². The Labute approximate surface area is 170 Å². The molecule has 0 N–H and O–H groups in total. The maximum absolute atomic E-state index is 13.3. The fraction of sp³-hybridized carbons (Fsp3) is 0.182. The van der Waals surface area contributed by atoms with Crippen LogP contribution in [0.4, 0.5) is 18.9 Å². The molecule has 3 aromatic rings. The van der Waals surface area contributed by atoms with Gasteiger partial charge in [0.15, 0.2) is 0 Å². The fourth-order valence-corrected chi connectivity index (χ4v) is 3.79. The van der Waals surface area contributed by atoms with Crippen LogP contribution in [0.1, 0.15) is 32.6 Å². The lowest BCUT2D eigenvalue weighted by molar-refractivity contribution is -0.138. The average molecular weight is 417 g/mol. The Bertz CT molecular complexity index is 1080. The molecule has 29 heavy (non-hydrogen) atoms. The maximum atomic E-state index is 13.3. The van der Waals surface area contributed by atoms with Crippen molar-refractivity contribution < 1.29 is 18.0 Å². The Hall–Kier alpha value is -2.86. The minimum absolute atomic E-state index is 0.0742. The topological polar surface area (TPSA) is 33.2 Å². The number of fused-ring (bicyclic) bond motifs is 1. The van der Waals surface area contributed by atoms with Gasteiger partial charge in [0.2, 0.25) is 0 Å². The van der Waals surface area contributed by atoms with Gasteiger partial charge in [0, 0.05) is 23.3 Å². The van der Waals surface area contributed by atoms with E-state index in [2.05, 4.69) is 4.98 Å². The molecule has 148 valence electrons. The van der Waals surface area contributed by atoms with E-state index in [4.69, 9.17) is 11.6 Å². The van der Waals surface area contributed by atoms with Crippen LogP contribution in [0.25, 0.3) is 0 Å². The molecule has 0 spiro atoms. The van der Waals surface area contributed by atoms with Crippen LogP contribution in [0, 0.1) is 0 Å². The largest absolute Gasteiger partial charge is 0.416 e. The summed E-state index contributed by atoms with van der Waals surface area (Å²) >= 11 is 6.01. The highest BCUT2D eigenvalue weighted by Gasteiger charge is 2.33. The number of halogens is 4. The van der Waals surface area contributed by atoms with E-state index in [9.17, 15) is 18.0 Å². The molecule has 7 heteroatoms. The molecule has 0 atom stereocenters. The molecule has 0 fully saturated rings. The lowest BCUT2D eigenvalue weighted by atomic mass is 9.98. The van der Waals surface area contributed by atoms with Crippen molar-refractivity contribution in [2.45, 2.75) is 19.0 Å². The second-order valence-electron chi connectivity index (χ2n) is 6.89. The van der Waals surface area contributed by atoms with E-state index in [-0.39, 0.29) is 17.9 Å². The highest BCUT2D eigenvalue weighted by molar-refractivity contribution is 6.30. The molecule has 2 heterocycles. The summed E-state index contributed by atoms with van der Waals surface area (Å²) in [6.07, 6.45) is -0.625. The van der Waals surface area contributed by atoms with E-state index >= 15 is 0 Å². The SMILES string of the molecule is O=C1c2ccc(Cl)cc2CCN1c1cncc(Cc2ccccc2C(F)(F)F)c1. The smallest absolute Gasteiger partial charge is 0.306 e. The van der Waals surface area contributed by atoms with E-state index in [1.54, 1.807) is 41.4 Å². The summed E-state index contributed by atoms with van der Waals surface area (Å²) in [6, 6.07) is 12.4. The zero-order valence-electron chi connectivity index (χ0n) is 15.2. The van der Waals surface area contributed by atoms with Crippen LogP contribution >= 0.6 is 11.6 Å². The number of aromatic nitrogens is 1. The highest BCUT2D eigenvalue weighted by atomic mass is 35.5. The Balaban J connectivity index is 1.62. The third kappa shape index (κ3) is 3.98. The van der Waals surface area contributed by atoms with E-state index < -0.39 is 11.7 Å². The van der Waals surface area contributed by atoms with Gasteiger partial charge in [0.05, 0.1) is 17.4 Å². The molecule has 0 aliphatic carbocycles. The average Bonchev–Trinajstić information content (AvgIpc) is 2.68. The molecule has 0 bridgehead atoms. The van der Waals surface area contributed by atoms with E-state index in [1.807, 2.05) is 0 Å². The third-order valence-corrected chi connectivity index (χ3v) is 5.19. The number of benzene rings is 2. The van der Waals surface area contributed by atoms with Crippen molar-refractivity contribution in [3.8, 4) is 0 Å². The highest BCUT2D eigenvalue weighted by Crippen LogP contribution is 2.33. The van der Waals surface area contributed by atoms with Crippen LogP contribution in [-0.4, -0.2) is 17.4 Å². The summed E-state index contributed by atoms with van der Waals surface area (Å²) < 4.78 is 39.8. The Kier molecular flexibility index (Phi) is 5.04. The molecule has 1 aliphatic rings. The third-order valence-electron chi connectivity index (χ3n) is 4.96. The summed E-state index contributed by atoms with van der Waals surface area (Å²) in [4.78, 5) is 18.6. The number of nitrogens with zero attached hydrogens (tertiary/aromatic N) is 2. The van der Waals surface area contributed by atoms with Gasteiger partial charge in [-0.15, -0.1) is 0 Å². The lowest BCUT2D eigenvalue weighted by Gasteiger charge is -2.28. The Morgan fingerprint density at radius 1 is 1.07 bits per heavy atom. The van der Waals surface area contributed by atoms with Crippen molar-refractivity contribution >= 4 is 23.2 Å². The molecule has 3 nitrogen and oxygen atoms in total. The van der Waals surface area contributed by atoms with Crippen LogP contribution < -0.4 is 4.90 Å². The van der Waals surface area contributed by atoms with Crippen molar-refractivity contribution in [2.24, 2.45) is 0 Å². The van der Waals surface area contributed by atoms with Gasteiger partial charge in [-0.25, -0.2) is 0 Å². The molecule has 0 saturated heterocycles. The monoisotopic (exact) mass is 416 g/mol. The second-order valence-corrected chi connectivity index (χ2v) is 7.33. The van der Waals surface area contributed by atoms with Crippen LogP contribution in [-0.2, 0) is 19.0 Å². The molecule has 4 rings (SSSR count). The van der Waals surface area contributed by atoms with Gasteiger partial charge in [0.1, 0.15) is 0 Å². The number of anilines is 1. The predicted octanol–water partition coefficient (Wildman–Crippen LogP) is 5.55. The van der Waals surface area contributed by atoms with Gasteiger partial charge in [0.25, 0.3) is 5.91 Å². The first-order valence-electron chi connectivity index (χ1n) is 9.02. The summed E-state index contributed by atoms with van der Waals surface area (Å²) in [5.41, 5.74) is 2.15. The molecule has 2 aromatic carbocycles. The van der Waals surface area contributed by atoms with Crippen LogP contribution in [0.5, 0.6) is 0 Å². The molecular weight excluding hydrogens is 401 g/mol. The lowest BCUT2D eigenvalue weighted by Crippen LogP contribution is -2.37. The number of hydrogen-bond acceptors (Lipinski definition) is 2. The number of carbonyl (C=O) groups excluding carboxylic acids is 1. The normalized spacial score (nSPS) is 14.1. The van der Waals surface area contributed by atoms with Crippen molar-refractivity contribution in [1.29, 1.82) is 0 Å². The van der Waals surface area contributed by atoms with E-state index in [1.165, 1.54) is 18.3 Å². The first-order valence-corrected chi connectivity index (χ1v) is 9.40. The standard InChI is InChI=1S/C22H16ClF3N2O/c23-17-5-6-19-15(11-17)7-8-28(21(19)29)18-10-14(12-27-13-18)9-16-3-1-2-4-20(16)22(24,25)26/h1-6,10-13H,7-9H2. The van der Waals surface area contributed by atoms with Crippen LogP contribution in [0.15, 0.2) is 60.9 Å². The Morgan fingerprint density at radius 2 is 1.86 bits per heavy atom. The van der Waals surface area contributed by atoms with Gasteiger partial charge in [-0.3, -0.25) is 9.78 Å². The summed E-state index contributed by atoms with van der Waals surface area (Å²) in [5.74, 6) is -0.169. The zero-order chi connectivity index (χ0) is 20.6. The van der Waals surface area contributed by atoms with E-state index in [0.29, 0.717) is 34.8 Å². The quantitative estimate of drug-likeness (QED) is 0.561. The van der Waals surface area contributed by atoms with E-state index in [0.717, 1.165) is 11.6 Å². The van der Waals surface area contributed by atoms with Crippen molar-refractivity contribution in [3.63, 3.8) is 0 Å². The van der Waals surface area contributed by atoms with Gasteiger partial charge >= 0.3 is 6.18 Å². The van der Waals surface area contributed by atoms with Gasteiger partial charge in [-0.05, 0) is 59.9 Å². The fourth-order valence-electron chi connectivity index (χ4n) is 3.59. The maximum Gasteiger partial charge on any atom is 0.416 e. The summed E-state index contributed by atoms with van der Waals surface area (Å²) in [6.45, 7) is 0.455. The summed E-state index contributed by atoms with van der Waals surface area (Å²) in [5, 5.41) is 0.581. The number of pyridine rings is 1. The second kappa shape index (κ2) is 7.52. The molecule has 0 saturated carbocycles. The molecular formula is C22H16ClF3N2O. The van der Waals surface area contributed by atoms with Crippen molar-refractivity contribution in [1.82, 2.24) is 4.98 Å². The number of carbonyl (C=O) groups is 1. The number of rotatable bonds is 3. The first-order chi connectivity index (χ1) is 13.8.